The second kappa shape index (κ2) is 7.09. The molecule has 1 amide bonds. The number of hydrogen-bond acceptors (Lipinski definition) is 4. The molecule has 0 radical (unpaired) electrons. The van der Waals surface area contributed by atoms with Gasteiger partial charge in [0.2, 0.25) is 0 Å². The molecule has 0 unspecified atom stereocenters. The van der Waals surface area contributed by atoms with E-state index in [1.165, 1.54) is 0 Å². The zero-order chi connectivity index (χ0) is 15.1. The van der Waals surface area contributed by atoms with Gasteiger partial charge in [0.15, 0.2) is 0 Å². The highest BCUT2D eigenvalue weighted by Crippen LogP contribution is 2.12. The molecule has 0 fully saturated rings. The van der Waals surface area contributed by atoms with Crippen LogP contribution in [0, 0.1) is 0 Å². The van der Waals surface area contributed by atoms with Crippen LogP contribution < -0.4 is 14.9 Å². The molecular formula is C16H16N2O3. The van der Waals surface area contributed by atoms with Crippen LogP contribution in [0.1, 0.15) is 15.9 Å². The Labute approximate surface area is 123 Å². The van der Waals surface area contributed by atoms with E-state index in [-0.39, 0.29) is 5.91 Å². The van der Waals surface area contributed by atoms with Gasteiger partial charge in [0.25, 0.3) is 5.91 Å². The van der Waals surface area contributed by atoms with Gasteiger partial charge in [-0.15, -0.1) is 0 Å². The van der Waals surface area contributed by atoms with E-state index >= 15 is 0 Å². The van der Waals surface area contributed by atoms with Crippen LogP contribution in [-0.4, -0.2) is 26.3 Å². The second-order valence-corrected chi connectivity index (χ2v) is 4.20. The molecule has 0 aliphatic rings. The molecule has 0 aliphatic heterocycles. The summed E-state index contributed by atoms with van der Waals surface area (Å²) in [6.07, 6.45) is 1.56. The van der Waals surface area contributed by atoms with Crippen LogP contribution in [0.4, 0.5) is 0 Å². The van der Waals surface area contributed by atoms with E-state index in [2.05, 4.69) is 10.5 Å². The Morgan fingerprint density at radius 1 is 1.05 bits per heavy atom. The first-order valence-corrected chi connectivity index (χ1v) is 6.34. The van der Waals surface area contributed by atoms with E-state index < -0.39 is 0 Å². The van der Waals surface area contributed by atoms with E-state index in [1.807, 2.05) is 24.3 Å². The van der Waals surface area contributed by atoms with Crippen molar-refractivity contribution in [2.24, 2.45) is 5.10 Å². The summed E-state index contributed by atoms with van der Waals surface area (Å²) in [7, 11) is 3.18. The number of hydrazone groups is 1. The quantitative estimate of drug-likeness (QED) is 0.677. The molecule has 0 aromatic heterocycles. The van der Waals surface area contributed by atoms with E-state index in [4.69, 9.17) is 9.47 Å². The van der Waals surface area contributed by atoms with Crippen LogP contribution in [0.3, 0.4) is 0 Å². The highest BCUT2D eigenvalue weighted by molar-refractivity contribution is 5.95. The topological polar surface area (TPSA) is 59.9 Å². The Balaban J connectivity index is 1.97. The molecular weight excluding hydrogens is 268 g/mol. The van der Waals surface area contributed by atoms with Gasteiger partial charge in [-0.25, -0.2) is 5.43 Å². The largest absolute Gasteiger partial charge is 0.497 e. The highest BCUT2D eigenvalue weighted by atomic mass is 16.5. The van der Waals surface area contributed by atoms with Crippen molar-refractivity contribution >= 4 is 12.1 Å². The summed E-state index contributed by atoms with van der Waals surface area (Å²) in [5.41, 5.74) is 3.82. The minimum absolute atomic E-state index is 0.281. The lowest BCUT2D eigenvalue weighted by Crippen LogP contribution is -2.17. The maximum absolute atomic E-state index is 11.9. The first-order chi connectivity index (χ1) is 10.2. The Morgan fingerprint density at radius 3 is 2.43 bits per heavy atom. The van der Waals surface area contributed by atoms with Crippen LogP contribution in [-0.2, 0) is 0 Å². The summed E-state index contributed by atoms with van der Waals surface area (Å²) in [5.74, 6) is 1.16. The van der Waals surface area contributed by atoms with Gasteiger partial charge < -0.3 is 9.47 Å². The lowest BCUT2D eigenvalue weighted by molar-refractivity contribution is 0.0955. The maximum atomic E-state index is 11.9. The molecule has 0 heterocycles. The number of benzene rings is 2. The summed E-state index contributed by atoms with van der Waals surface area (Å²) >= 11 is 0. The minimum atomic E-state index is -0.281. The fourth-order valence-corrected chi connectivity index (χ4v) is 1.69. The van der Waals surface area contributed by atoms with Crippen molar-refractivity contribution in [2.75, 3.05) is 14.2 Å². The standard InChI is InChI=1S/C16H16N2O3/c1-20-14-8-6-13(7-9-14)16(19)18-17-11-12-4-3-5-15(10-12)21-2/h3-11H,1-2H3,(H,18,19)/b17-11+. The van der Waals surface area contributed by atoms with E-state index in [0.717, 1.165) is 11.3 Å². The molecule has 2 aromatic carbocycles. The normalized spacial score (nSPS) is 10.4. The van der Waals surface area contributed by atoms with Crippen LogP contribution >= 0.6 is 0 Å². The number of rotatable bonds is 5. The Morgan fingerprint density at radius 2 is 1.76 bits per heavy atom. The van der Waals surface area contributed by atoms with Gasteiger partial charge in [0, 0.05) is 5.56 Å². The summed E-state index contributed by atoms with van der Waals surface area (Å²) < 4.78 is 10.1. The number of nitrogens with zero attached hydrogens (tertiary/aromatic N) is 1. The molecule has 1 N–H and O–H groups in total. The van der Waals surface area contributed by atoms with Crippen molar-refractivity contribution in [2.45, 2.75) is 0 Å². The Hall–Kier alpha value is -2.82. The fourth-order valence-electron chi connectivity index (χ4n) is 1.69. The molecule has 2 rings (SSSR count). The maximum Gasteiger partial charge on any atom is 0.271 e. The van der Waals surface area contributed by atoms with Crippen LogP contribution in [0.5, 0.6) is 11.5 Å². The van der Waals surface area contributed by atoms with Crippen molar-refractivity contribution in [3.8, 4) is 11.5 Å². The third kappa shape index (κ3) is 4.07. The molecule has 0 aliphatic carbocycles. The first-order valence-electron chi connectivity index (χ1n) is 6.34. The molecule has 21 heavy (non-hydrogen) atoms. The number of ether oxygens (including phenoxy) is 2. The van der Waals surface area contributed by atoms with Crippen molar-refractivity contribution in [3.05, 3.63) is 59.7 Å². The van der Waals surface area contributed by atoms with Gasteiger partial charge in [-0.1, -0.05) is 12.1 Å². The van der Waals surface area contributed by atoms with Gasteiger partial charge in [-0.2, -0.15) is 5.10 Å². The average Bonchev–Trinajstić information content (AvgIpc) is 2.55. The van der Waals surface area contributed by atoms with Gasteiger partial charge in [-0.05, 0) is 42.0 Å². The van der Waals surface area contributed by atoms with E-state index in [0.29, 0.717) is 11.3 Å². The predicted molar refractivity (Wildman–Crippen MR) is 81.0 cm³/mol. The van der Waals surface area contributed by atoms with Gasteiger partial charge >= 0.3 is 0 Å². The monoisotopic (exact) mass is 284 g/mol. The number of hydrogen-bond donors (Lipinski definition) is 1. The predicted octanol–water partition coefficient (Wildman–Crippen LogP) is 2.47. The molecule has 0 saturated heterocycles. The molecule has 5 heteroatoms. The van der Waals surface area contributed by atoms with Crippen LogP contribution in [0.2, 0.25) is 0 Å². The van der Waals surface area contributed by atoms with Gasteiger partial charge in [0.1, 0.15) is 11.5 Å². The number of methoxy groups -OCH3 is 2. The van der Waals surface area contributed by atoms with Crippen molar-refractivity contribution < 1.29 is 14.3 Å². The summed E-state index contributed by atoms with van der Waals surface area (Å²) in [4.78, 5) is 11.9. The Bertz CT molecular complexity index is 636. The SMILES string of the molecule is COc1ccc(C(=O)N/N=C/c2cccc(OC)c2)cc1. The van der Waals surface area contributed by atoms with Crippen LogP contribution in [0.15, 0.2) is 53.6 Å². The van der Waals surface area contributed by atoms with E-state index in [9.17, 15) is 4.79 Å². The molecule has 0 saturated carbocycles. The average molecular weight is 284 g/mol. The summed E-state index contributed by atoms with van der Waals surface area (Å²) in [6.45, 7) is 0. The van der Waals surface area contributed by atoms with Crippen molar-refractivity contribution in [3.63, 3.8) is 0 Å². The zero-order valence-electron chi connectivity index (χ0n) is 11.9. The number of amides is 1. The van der Waals surface area contributed by atoms with E-state index in [1.54, 1.807) is 44.7 Å². The minimum Gasteiger partial charge on any atom is -0.497 e. The lowest BCUT2D eigenvalue weighted by Gasteiger charge is -2.02. The molecule has 0 bridgehead atoms. The van der Waals surface area contributed by atoms with Crippen LogP contribution in [0.25, 0.3) is 0 Å². The fraction of sp³-hybridized carbons (Fsp3) is 0.125. The first kappa shape index (κ1) is 14.6. The molecule has 108 valence electrons. The molecule has 0 atom stereocenters. The third-order valence-electron chi connectivity index (χ3n) is 2.83. The smallest absolute Gasteiger partial charge is 0.271 e. The lowest BCUT2D eigenvalue weighted by atomic mass is 10.2. The zero-order valence-corrected chi connectivity index (χ0v) is 11.9. The number of carbonyl (C=O) groups is 1. The number of nitrogens with one attached hydrogen (secondary N) is 1. The molecule has 0 spiro atoms. The third-order valence-corrected chi connectivity index (χ3v) is 2.83. The number of carbonyl (C=O) groups excluding carboxylic acids is 1. The van der Waals surface area contributed by atoms with Gasteiger partial charge in [-0.3, -0.25) is 4.79 Å². The highest BCUT2D eigenvalue weighted by Gasteiger charge is 2.03. The summed E-state index contributed by atoms with van der Waals surface area (Å²) in [6, 6.07) is 14.2. The van der Waals surface area contributed by atoms with Crippen molar-refractivity contribution in [1.29, 1.82) is 0 Å². The second-order valence-electron chi connectivity index (χ2n) is 4.20. The Kier molecular flexibility index (Phi) is 4.93. The molecule has 5 nitrogen and oxygen atoms in total. The summed E-state index contributed by atoms with van der Waals surface area (Å²) in [5, 5.41) is 3.92. The van der Waals surface area contributed by atoms with Crippen molar-refractivity contribution in [1.82, 2.24) is 5.43 Å². The molecule has 2 aromatic rings. The van der Waals surface area contributed by atoms with Gasteiger partial charge in [0.05, 0.1) is 20.4 Å².